The summed E-state index contributed by atoms with van der Waals surface area (Å²) >= 11 is 0. The fourth-order valence-electron chi connectivity index (χ4n) is 2.22. The SMILES string of the molecule is CON(C)C(=O)[C@@H]1C[C@H]1[C@@H](COS(C)(=O)=O)O[Si](C)(C)C(C)(C)C. The van der Waals surface area contributed by atoms with Crippen molar-refractivity contribution in [3.8, 4) is 0 Å². The molecule has 3 atom stereocenters. The van der Waals surface area contributed by atoms with Gasteiger partial charge in [0.15, 0.2) is 8.32 Å². The van der Waals surface area contributed by atoms with Crippen molar-refractivity contribution in [2.24, 2.45) is 11.8 Å². The average Bonchev–Trinajstić information content (AvgIpc) is 3.19. The van der Waals surface area contributed by atoms with Crippen LogP contribution in [0.4, 0.5) is 0 Å². The van der Waals surface area contributed by atoms with Crippen molar-refractivity contribution < 1.29 is 26.7 Å². The molecule has 7 nitrogen and oxygen atoms in total. The number of carbonyl (C=O) groups excluding carboxylic acids is 1. The Kier molecular flexibility index (Phi) is 6.65. The van der Waals surface area contributed by atoms with Crippen molar-refractivity contribution in [1.82, 2.24) is 5.06 Å². The quantitative estimate of drug-likeness (QED) is 0.363. The molecule has 0 aromatic rings. The second-order valence-electron chi connectivity index (χ2n) is 7.93. The van der Waals surface area contributed by atoms with Crippen LogP contribution in [-0.2, 0) is 28.4 Å². The molecule has 0 aliphatic heterocycles. The molecule has 0 spiro atoms. The molecular weight excluding hydrogens is 350 g/mol. The number of rotatable bonds is 8. The topological polar surface area (TPSA) is 82.1 Å². The van der Waals surface area contributed by atoms with Crippen LogP contribution in [0.15, 0.2) is 0 Å². The Hall–Kier alpha value is -0.483. The molecule has 0 radical (unpaired) electrons. The fraction of sp³-hybridized carbons (Fsp3) is 0.933. The van der Waals surface area contributed by atoms with Gasteiger partial charge < -0.3 is 4.43 Å². The highest BCUT2D eigenvalue weighted by Crippen LogP contribution is 2.47. The molecule has 1 rings (SSSR count). The minimum Gasteiger partial charge on any atom is -0.411 e. The van der Waals surface area contributed by atoms with E-state index in [4.69, 9.17) is 13.4 Å². The zero-order valence-corrected chi connectivity index (χ0v) is 17.8. The third kappa shape index (κ3) is 5.80. The van der Waals surface area contributed by atoms with Crippen LogP contribution in [0.1, 0.15) is 27.2 Å². The van der Waals surface area contributed by atoms with Gasteiger partial charge >= 0.3 is 0 Å². The summed E-state index contributed by atoms with van der Waals surface area (Å²) in [5.74, 6) is -0.385. The van der Waals surface area contributed by atoms with Gasteiger partial charge in [0.25, 0.3) is 10.1 Å². The van der Waals surface area contributed by atoms with Gasteiger partial charge in [-0.25, -0.2) is 5.06 Å². The van der Waals surface area contributed by atoms with Gasteiger partial charge in [0.2, 0.25) is 5.91 Å². The highest BCUT2D eigenvalue weighted by molar-refractivity contribution is 7.85. The van der Waals surface area contributed by atoms with E-state index in [2.05, 4.69) is 33.9 Å². The molecule has 0 bridgehead atoms. The normalized spacial score (nSPS) is 23.0. The Bertz CT molecular complexity index is 557. The molecule has 9 heteroatoms. The van der Waals surface area contributed by atoms with Crippen LogP contribution in [-0.4, -0.2) is 60.8 Å². The number of hydrogen-bond acceptors (Lipinski definition) is 6. The van der Waals surface area contributed by atoms with E-state index in [1.54, 1.807) is 7.05 Å². The van der Waals surface area contributed by atoms with E-state index < -0.39 is 24.5 Å². The van der Waals surface area contributed by atoms with Crippen LogP contribution < -0.4 is 0 Å². The molecule has 24 heavy (non-hydrogen) atoms. The molecule has 0 unspecified atom stereocenters. The minimum atomic E-state index is -3.56. The average molecular weight is 382 g/mol. The third-order valence-corrected chi connectivity index (χ3v) is 9.99. The lowest BCUT2D eigenvalue weighted by Crippen LogP contribution is -2.46. The van der Waals surface area contributed by atoms with Gasteiger partial charge in [0.1, 0.15) is 0 Å². The summed E-state index contributed by atoms with van der Waals surface area (Å²) < 4.78 is 34.0. The summed E-state index contributed by atoms with van der Waals surface area (Å²) in [5.41, 5.74) is 0. The number of amides is 1. The summed E-state index contributed by atoms with van der Waals surface area (Å²) in [6.07, 6.45) is 1.25. The van der Waals surface area contributed by atoms with Gasteiger partial charge in [-0.15, -0.1) is 0 Å². The zero-order valence-electron chi connectivity index (χ0n) is 16.0. The summed E-state index contributed by atoms with van der Waals surface area (Å²) in [7, 11) is -2.68. The van der Waals surface area contributed by atoms with Crippen LogP contribution in [0.25, 0.3) is 0 Å². The van der Waals surface area contributed by atoms with E-state index in [0.29, 0.717) is 6.42 Å². The summed E-state index contributed by atoms with van der Waals surface area (Å²) in [4.78, 5) is 17.1. The van der Waals surface area contributed by atoms with E-state index in [0.717, 1.165) is 6.26 Å². The molecule has 1 aliphatic rings. The summed E-state index contributed by atoms with van der Waals surface area (Å²) in [5, 5.41) is 1.18. The first-order chi connectivity index (χ1) is 10.7. The molecule has 1 amide bonds. The van der Waals surface area contributed by atoms with E-state index in [-0.39, 0.29) is 29.4 Å². The van der Waals surface area contributed by atoms with Gasteiger partial charge in [0.05, 0.1) is 26.1 Å². The standard InChI is InChI=1S/C15H31NO6SSi/c1-15(2,3)24(7,8)22-13(10-21-23(6,18)19)11-9-12(11)14(17)16(4)20-5/h11-13H,9-10H2,1-8H3/t11-,12-,13-/m1/s1. The zero-order chi connectivity index (χ0) is 18.9. The summed E-state index contributed by atoms with van der Waals surface area (Å²) in [6.45, 7) is 10.5. The van der Waals surface area contributed by atoms with Crippen molar-refractivity contribution in [2.45, 2.75) is 51.4 Å². The lowest BCUT2D eigenvalue weighted by atomic mass is 10.2. The van der Waals surface area contributed by atoms with Crippen LogP contribution in [0.5, 0.6) is 0 Å². The Morgan fingerprint density at radius 3 is 2.29 bits per heavy atom. The second kappa shape index (κ2) is 7.41. The maximum absolute atomic E-state index is 12.2. The molecule has 142 valence electrons. The predicted molar refractivity (Wildman–Crippen MR) is 94.2 cm³/mol. The minimum absolute atomic E-state index is 0.0198. The Balaban J connectivity index is 2.86. The van der Waals surface area contributed by atoms with Gasteiger partial charge in [0, 0.05) is 13.0 Å². The van der Waals surface area contributed by atoms with Gasteiger partial charge in [-0.3, -0.25) is 13.8 Å². The highest BCUT2D eigenvalue weighted by Gasteiger charge is 2.52. The maximum Gasteiger partial charge on any atom is 0.264 e. The third-order valence-electron chi connectivity index (χ3n) is 4.92. The fourth-order valence-corrected chi connectivity index (χ4v) is 3.96. The predicted octanol–water partition coefficient (Wildman–Crippen LogP) is 2.01. The van der Waals surface area contributed by atoms with Crippen LogP contribution >= 0.6 is 0 Å². The van der Waals surface area contributed by atoms with Crippen molar-refractivity contribution in [3.05, 3.63) is 0 Å². The molecule has 0 N–H and O–H groups in total. The van der Waals surface area contributed by atoms with E-state index in [1.165, 1.54) is 12.2 Å². The lowest BCUT2D eigenvalue weighted by Gasteiger charge is -2.39. The van der Waals surface area contributed by atoms with E-state index in [1.807, 2.05) is 0 Å². The summed E-state index contributed by atoms with van der Waals surface area (Å²) in [6, 6.07) is 0. The number of hydrogen-bond donors (Lipinski definition) is 0. The van der Waals surface area contributed by atoms with Crippen LogP contribution in [0.2, 0.25) is 18.1 Å². The van der Waals surface area contributed by atoms with Crippen molar-refractivity contribution in [1.29, 1.82) is 0 Å². The number of hydroxylamine groups is 2. The molecule has 1 fully saturated rings. The van der Waals surface area contributed by atoms with E-state index >= 15 is 0 Å². The largest absolute Gasteiger partial charge is 0.411 e. The lowest BCUT2D eigenvalue weighted by molar-refractivity contribution is -0.170. The van der Waals surface area contributed by atoms with Crippen LogP contribution in [0, 0.1) is 11.8 Å². The van der Waals surface area contributed by atoms with Gasteiger partial charge in [-0.05, 0) is 30.5 Å². The molecule has 0 aromatic carbocycles. The molecule has 0 saturated heterocycles. The monoisotopic (exact) mass is 381 g/mol. The first-order valence-electron chi connectivity index (χ1n) is 8.03. The Morgan fingerprint density at radius 1 is 1.33 bits per heavy atom. The van der Waals surface area contributed by atoms with Gasteiger partial charge in [-0.2, -0.15) is 8.42 Å². The molecular formula is C15H31NO6SSi. The van der Waals surface area contributed by atoms with E-state index in [9.17, 15) is 13.2 Å². The smallest absolute Gasteiger partial charge is 0.264 e. The number of nitrogens with zero attached hydrogens (tertiary/aromatic N) is 1. The first kappa shape index (κ1) is 21.6. The first-order valence-corrected chi connectivity index (χ1v) is 12.8. The molecule has 1 saturated carbocycles. The molecule has 0 aromatic heterocycles. The van der Waals surface area contributed by atoms with Gasteiger partial charge in [-0.1, -0.05) is 20.8 Å². The van der Waals surface area contributed by atoms with Crippen LogP contribution in [0.3, 0.4) is 0 Å². The van der Waals surface area contributed by atoms with Crippen molar-refractivity contribution >= 4 is 24.3 Å². The Morgan fingerprint density at radius 2 is 1.88 bits per heavy atom. The number of carbonyl (C=O) groups is 1. The maximum atomic E-state index is 12.2. The Labute approximate surface area is 146 Å². The second-order valence-corrected chi connectivity index (χ2v) is 14.3. The van der Waals surface area contributed by atoms with Crippen molar-refractivity contribution in [3.63, 3.8) is 0 Å². The molecule has 1 aliphatic carbocycles. The van der Waals surface area contributed by atoms with Crippen molar-refractivity contribution in [2.75, 3.05) is 27.0 Å². The highest BCUT2D eigenvalue weighted by atomic mass is 32.2. The molecule has 0 heterocycles.